The molecule has 0 aliphatic carbocycles. The number of aliphatic hydroxyl groups is 1. The van der Waals surface area contributed by atoms with Gasteiger partial charge in [-0.15, -0.1) is 0 Å². The van der Waals surface area contributed by atoms with Gasteiger partial charge >= 0.3 is 5.97 Å². The molecule has 0 spiro atoms. The Morgan fingerprint density at radius 3 is 2.64 bits per heavy atom. The van der Waals surface area contributed by atoms with Crippen molar-refractivity contribution in [2.45, 2.75) is 31.9 Å². The minimum atomic E-state index is -1.01. The van der Waals surface area contributed by atoms with Crippen molar-refractivity contribution in [1.82, 2.24) is 4.90 Å². The summed E-state index contributed by atoms with van der Waals surface area (Å²) in [6.45, 7) is 2.13. The summed E-state index contributed by atoms with van der Waals surface area (Å²) in [7, 11) is 1.76. The molecular formula is C9H16N2O3. The molecule has 0 aromatic carbocycles. The third-order valence-corrected chi connectivity index (χ3v) is 2.05. The average molecular weight is 200 g/mol. The van der Waals surface area contributed by atoms with Gasteiger partial charge in [0.2, 0.25) is 0 Å². The Morgan fingerprint density at radius 1 is 1.64 bits per heavy atom. The fourth-order valence-electron chi connectivity index (χ4n) is 1.07. The lowest BCUT2D eigenvalue weighted by Gasteiger charge is -2.24. The van der Waals surface area contributed by atoms with Crippen LogP contribution < -0.4 is 0 Å². The molecule has 0 amide bonds. The highest BCUT2D eigenvalue weighted by Gasteiger charge is 2.15. The van der Waals surface area contributed by atoms with Crippen molar-refractivity contribution in [3.05, 3.63) is 0 Å². The van der Waals surface area contributed by atoms with Crippen molar-refractivity contribution in [3.63, 3.8) is 0 Å². The number of carbonyl (C=O) groups is 1. The van der Waals surface area contributed by atoms with Crippen molar-refractivity contribution >= 4 is 5.97 Å². The molecule has 5 heteroatoms. The van der Waals surface area contributed by atoms with Crippen LogP contribution in [0.1, 0.15) is 19.8 Å². The van der Waals surface area contributed by atoms with E-state index in [1.807, 2.05) is 13.0 Å². The molecule has 0 heterocycles. The van der Waals surface area contributed by atoms with Crippen molar-refractivity contribution < 1.29 is 15.0 Å². The SMILES string of the molecule is CC(CC#N)N(C)CC(O)CC(=O)O. The number of hydrogen-bond donors (Lipinski definition) is 2. The third kappa shape index (κ3) is 5.51. The minimum absolute atomic E-state index is 0.0310. The summed E-state index contributed by atoms with van der Waals surface area (Å²) in [5, 5.41) is 26.1. The maximum absolute atomic E-state index is 10.3. The topological polar surface area (TPSA) is 84.6 Å². The van der Waals surface area contributed by atoms with Gasteiger partial charge in [0.25, 0.3) is 0 Å². The van der Waals surface area contributed by atoms with Crippen LogP contribution in [0.15, 0.2) is 0 Å². The van der Waals surface area contributed by atoms with Crippen LogP contribution in [0.4, 0.5) is 0 Å². The first-order valence-electron chi connectivity index (χ1n) is 4.44. The molecule has 0 aliphatic heterocycles. The second-order valence-corrected chi connectivity index (χ2v) is 3.40. The van der Waals surface area contributed by atoms with Gasteiger partial charge in [-0.3, -0.25) is 4.79 Å². The number of carboxylic acid groups (broad SMARTS) is 1. The van der Waals surface area contributed by atoms with E-state index in [-0.39, 0.29) is 19.0 Å². The highest BCUT2D eigenvalue weighted by atomic mass is 16.4. The van der Waals surface area contributed by atoms with Gasteiger partial charge in [0.05, 0.1) is 25.0 Å². The Labute approximate surface area is 83.6 Å². The Bertz CT molecular complexity index is 225. The lowest BCUT2D eigenvalue weighted by Crippen LogP contribution is -2.36. The number of rotatable bonds is 6. The Balaban J connectivity index is 3.87. The van der Waals surface area contributed by atoms with Gasteiger partial charge in [-0.1, -0.05) is 0 Å². The highest BCUT2D eigenvalue weighted by Crippen LogP contribution is 2.03. The number of carboxylic acids is 1. The normalized spacial score (nSPS) is 14.8. The van der Waals surface area contributed by atoms with Gasteiger partial charge in [-0.05, 0) is 14.0 Å². The summed E-state index contributed by atoms with van der Waals surface area (Å²) in [5.74, 6) is -1.01. The minimum Gasteiger partial charge on any atom is -0.481 e. The van der Waals surface area contributed by atoms with E-state index >= 15 is 0 Å². The number of aliphatic carboxylic acids is 1. The Morgan fingerprint density at radius 2 is 2.21 bits per heavy atom. The largest absolute Gasteiger partial charge is 0.481 e. The molecule has 0 aromatic rings. The second kappa shape index (κ2) is 6.35. The lowest BCUT2D eigenvalue weighted by atomic mass is 10.2. The van der Waals surface area contributed by atoms with Crippen LogP contribution in [-0.4, -0.2) is 46.8 Å². The molecule has 2 atom stereocenters. The maximum atomic E-state index is 10.3. The van der Waals surface area contributed by atoms with Crippen LogP contribution in [0.2, 0.25) is 0 Å². The molecule has 0 radical (unpaired) electrons. The molecule has 2 unspecified atom stereocenters. The predicted molar refractivity (Wildman–Crippen MR) is 50.6 cm³/mol. The Hall–Kier alpha value is -1.12. The van der Waals surface area contributed by atoms with Crippen molar-refractivity contribution in [3.8, 4) is 6.07 Å². The van der Waals surface area contributed by atoms with Crippen LogP contribution in [-0.2, 0) is 4.79 Å². The van der Waals surface area contributed by atoms with Crippen molar-refractivity contribution in [2.24, 2.45) is 0 Å². The van der Waals surface area contributed by atoms with E-state index in [1.54, 1.807) is 11.9 Å². The smallest absolute Gasteiger partial charge is 0.306 e. The monoisotopic (exact) mass is 200 g/mol. The molecule has 2 N–H and O–H groups in total. The molecule has 0 aliphatic rings. The summed E-state index contributed by atoms with van der Waals surface area (Å²) in [6.07, 6.45) is -0.765. The first-order chi connectivity index (χ1) is 6.47. The van der Waals surface area contributed by atoms with Crippen LogP contribution in [0, 0.1) is 11.3 Å². The first-order valence-corrected chi connectivity index (χ1v) is 4.44. The van der Waals surface area contributed by atoms with E-state index in [4.69, 9.17) is 10.4 Å². The standard InChI is InChI=1S/C9H16N2O3/c1-7(3-4-10)11(2)6-8(12)5-9(13)14/h7-8,12H,3,5-6H2,1-2H3,(H,13,14). The molecule has 0 aromatic heterocycles. The summed E-state index contributed by atoms with van der Waals surface area (Å²) in [4.78, 5) is 12.0. The summed E-state index contributed by atoms with van der Waals surface area (Å²) in [6, 6.07) is 2.05. The molecule has 80 valence electrons. The molecule has 14 heavy (non-hydrogen) atoms. The zero-order chi connectivity index (χ0) is 11.1. The van der Waals surface area contributed by atoms with E-state index in [0.717, 1.165) is 0 Å². The highest BCUT2D eigenvalue weighted by molar-refractivity contribution is 5.67. The molecule has 0 rings (SSSR count). The molecule has 0 fully saturated rings. The third-order valence-electron chi connectivity index (χ3n) is 2.05. The molecular weight excluding hydrogens is 184 g/mol. The summed E-state index contributed by atoms with van der Waals surface area (Å²) < 4.78 is 0. The Kier molecular flexibility index (Phi) is 5.84. The second-order valence-electron chi connectivity index (χ2n) is 3.40. The van der Waals surface area contributed by atoms with Crippen molar-refractivity contribution in [1.29, 1.82) is 5.26 Å². The number of hydrogen-bond acceptors (Lipinski definition) is 4. The van der Waals surface area contributed by atoms with E-state index < -0.39 is 12.1 Å². The van der Waals surface area contributed by atoms with E-state index in [1.165, 1.54) is 0 Å². The zero-order valence-corrected chi connectivity index (χ0v) is 8.47. The average Bonchev–Trinajstić information content (AvgIpc) is 2.02. The van der Waals surface area contributed by atoms with Crippen LogP contribution >= 0.6 is 0 Å². The van der Waals surface area contributed by atoms with E-state index in [0.29, 0.717) is 6.42 Å². The van der Waals surface area contributed by atoms with Crippen LogP contribution in [0.25, 0.3) is 0 Å². The van der Waals surface area contributed by atoms with E-state index in [9.17, 15) is 9.90 Å². The van der Waals surface area contributed by atoms with Gasteiger partial charge in [-0.2, -0.15) is 5.26 Å². The van der Waals surface area contributed by atoms with Crippen LogP contribution in [0.5, 0.6) is 0 Å². The maximum Gasteiger partial charge on any atom is 0.306 e. The first kappa shape index (κ1) is 12.9. The van der Waals surface area contributed by atoms with Crippen LogP contribution in [0.3, 0.4) is 0 Å². The van der Waals surface area contributed by atoms with E-state index in [2.05, 4.69) is 0 Å². The molecule has 0 bridgehead atoms. The summed E-state index contributed by atoms with van der Waals surface area (Å²) in [5.41, 5.74) is 0. The molecule has 0 saturated heterocycles. The number of nitriles is 1. The van der Waals surface area contributed by atoms with Crippen molar-refractivity contribution in [2.75, 3.05) is 13.6 Å². The lowest BCUT2D eigenvalue weighted by molar-refractivity contribution is -0.139. The fourth-order valence-corrected chi connectivity index (χ4v) is 1.07. The summed E-state index contributed by atoms with van der Waals surface area (Å²) >= 11 is 0. The quantitative estimate of drug-likeness (QED) is 0.633. The van der Waals surface area contributed by atoms with Gasteiger partial charge in [0.1, 0.15) is 0 Å². The van der Waals surface area contributed by atoms with Gasteiger partial charge in [0.15, 0.2) is 0 Å². The zero-order valence-electron chi connectivity index (χ0n) is 8.47. The predicted octanol–water partition coefficient (Wildman–Crippen LogP) is 0.0560. The van der Waals surface area contributed by atoms with Gasteiger partial charge in [-0.25, -0.2) is 0 Å². The number of nitrogens with zero attached hydrogens (tertiary/aromatic N) is 2. The molecule has 5 nitrogen and oxygen atoms in total. The number of likely N-dealkylation sites (N-methyl/N-ethyl adjacent to an activating group) is 1. The number of aliphatic hydroxyl groups excluding tert-OH is 1. The fraction of sp³-hybridized carbons (Fsp3) is 0.778. The van der Waals surface area contributed by atoms with Gasteiger partial charge < -0.3 is 15.1 Å². The van der Waals surface area contributed by atoms with Gasteiger partial charge in [0, 0.05) is 12.6 Å². The molecule has 0 saturated carbocycles.